The zero-order valence-corrected chi connectivity index (χ0v) is 22.5. The number of carbonyl (C=O) groups is 2. The van der Waals surface area contributed by atoms with Gasteiger partial charge in [0.25, 0.3) is 0 Å². The van der Waals surface area contributed by atoms with Gasteiger partial charge in [-0.1, -0.05) is 0 Å². The Hall–Kier alpha value is 0.310. The summed E-state index contributed by atoms with van der Waals surface area (Å²) in [6.45, 7) is 8.22. The number of piperidine rings is 1. The Labute approximate surface area is 201 Å². The molecule has 0 saturated carbocycles. The van der Waals surface area contributed by atoms with Crippen molar-refractivity contribution >= 4 is 79.7 Å². The first-order valence-electron chi connectivity index (χ1n) is 8.58. The van der Waals surface area contributed by atoms with Crippen LogP contribution in [0.1, 0.15) is 50.9 Å². The summed E-state index contributed by atoms with van der Waals surface area (Å²) >= 11 is 6.45. The first-order valence-corrected chi connectivity index (χ1v) is 11.8. The Balaban J connectivity index is 1.96. The number of esters is 2. The monoisotopic (exact) mass is 711 g/mol. The molecular weight excluding hydrogens is 687 g/mol. The third kappa shape index (κ3) is 5.91. The zero-order valence-electron chi connectivity index (χ0n) is 16.1. The molecule has 2 rings (SSSR count). The molecule has 0 amide bonds. The maximum atomic E-state index is 12.4. The molecule has 1 saturated heterocycles. The molecule has 1 aliphatic heterocycles. The molecule has 1 aromatic rings. The van der Waals surface area contributed by atoms with Crippen molar-refractivity contribution in [1.29, 1.82) is 0 Å². The van der Waals surface area contributed by atoms with E-state index in [0.29, 0.717) is 5.56 Å². The molecule has 0 radical (unpaired) electrons. The largest absolute Gasteiger partial charge is 0.460 e. The van der Waals surface area contributed by atoms with Crippen LogP contribution in [0, 0.1) is 10.7 Å². The average Bonchev–Trinajstić information content (AvgIpc) is 2.53. The van der Waals surface area contributed by atoms with E-state index in [1.807, 2.05) is 6.07 Å². The summed E-state index contributed by atoms with van der Waals surface area (Å²) in [6, 6.07) is 3.75. The van der Waals surface area contributed by atoms with Crippen molar-refractivity contribution in [2.24, 2.45) is 0 Å². The maximum absolute atomic E-state index is 12.4. The van der Waals surface area contributed by atoms with Crippen molar-refractivity contribution in [2.45, 2.75) is 57.7 Å². The van der Waals surface area contributed by atoms with Gasteiger partial charge in [0.15, 0.2) is 6.61 Å². The Morgan fingerprint density at radius 2 is 1.67 bits per heavy atom. The van der Waals surface area contributed by atoms with E-state index in [9.17, 15) is 9.59 Å². The van der Waals surface area contributed by atoms with Gasteiger partial charge in [0.1, 0.15) is 6.10 Å². The van der Waals surface area contributed by atoms with Gasteiger partial charge in [-0.05, 0) is 115 Å². The zero-order chi connectivity index (χ0) is 20.6. The minimum Gasteiger partial charge on any atom is -0.460 e. The molecule has 1 fully saturated rings. The highest BCUT2D eigenvalue weighted by Gasteiger charge is 2.44. The number of halogens is 3. The van der Waals surface area contributed by atoms with Gasteiger partial charge in [-0.15, -0.1) is 0 Å². The van der Waals surface area contributed by atoms with E-state index in [1.54, 1.807) is 6.07 Å². The SMILES string of the molecule is CN1C(C)(C)CC(OC(=O)COC(=O)c2cc(I)cc(I)c2I)CC1(C)C. The quantitative estimate of drug-likeness (QED) is 0.254. The van der Waals surface area contributed by atoms with Crippen LogP contribution in [0.2, 0.25) is 0 Å². The summed E-state index contributed by atoms with van der Waals surface area (Å²) in [5.74, 6) is -1.00. The van der Waals surface area contributed by atoms with Crippen LogP contribution in [0.3, 0.4) is 0 Å². The minimum atomic E-state index is -0.503. The van der Waals surface area contributed by atoms with E-state index in [4.69, 9.17) is 9.47 Å². The standard InChI is InChI=1S/C19H24I3NO4/c1-18(2)8-12(9-19(3,4)23(18)5)27-15(24)10-26-17(25)13-6-11(20)7-14(21)16(13)22/h6-7,12H,8-10H2,1-5H3. The lowest BCUT2D eigenvalue weighted by atomic mass is 9.79. The molecule has 8 heteroatoms. The molecule has 0 aromatic heterocycles. The Bertz CT molecular complexity index is 731. The average molecular weight is 711 g/mol. The molecule has 5 nitrogen and oxygen atoms in total. The van der Waals surface area contributed by atoms with Crippen molar-refractivity contribution in [3.8, 4) is 0 Å². The second-order valence-electron chi connectivity index (χ2n) is 8.03. The summed E-state index contributed by atoms with van der Waals surface area (Å²) in [4.78, 5) is 26.9. The first-order chi connectivity index (χ1) is 12.3. The lowest BCUT2D eigenvalue weighted by molar-refractivity contribution is -0.162. The van der Waals surface area contributed by atoms with Crippen molar-refractivity contribution in [3.63, 3.8) is 0 Å². The van der Waals surface area contributed by atoms with E-state index in [2.05, 4.69) is 107 Å². The molecule has 0 aliphatic carbocycles. The van der Waals surface area contributed by atoms with E-state index < -0.39 is 11.9 Å². The molecule has 1 aromatic carbocycles. The van der Waals surface area contributed by atoms with E-state index in [0.717, 1.165) is 23.6 Å². The van der Waals surface area contributed by atoms with Crippen molar-refractivity contribution in [3.05, 3.63) is 28.4 Å². The fourth-order valence-electron chi connectivity index (χ4n) is 3.49. The lowest BCUT2D eigenvalue weighted by Crippen LogP contribution is -2.60. The highest BCUT2D eigenvalue weighted by atomic mass is 127. The van der Waals surface area contributed by atoms with Gasteiger partial charge in [-0.2, -0.15) is 0 Å². The predicted octanol–water partition coefficient (Wildman–Crippen LogP) is 4.85. The van der Waals surface area contributed by atoms with Gasteiger partial charge >= 0.3 is 11.9 Å². The number of nitrogens with zero attached hydrogens (tertiary/aromatic N) is 1. The molecule has 1 aliphatic rings. The molecule has 1 heterocycles. The van der Waals surface area contributed by atoms with Crippen LogP contribution in [0.25, 0.3) is 0 Å². The summed E-state index contributed by atoms with van der Waals surface area (Å²) in [5.41, 5.74) is 0.328. The normalized spacial score (nSPS) is 19.6. The summed E-state index contributed by atoms with van der Waals surface area (Å²) in [6.07, 6.45) is 1.32. The molecule has 0 atom stereocenters. The van der Waals surface area contributed by atoms with Gasteiger partial charge in [0, 0.05) is 34.6 Å². The van der Waals surface area contributed by atoms with Gasteiger partial charge < -0.3 is 9.47 Å². The van der Waals surface area contributed by atoms with E-state index in [-0.39, 0.29) is 23.8 Å². The highest BCUT2D eigenvalue weighted by Crippen LogP contribution is 2.38. The molecule has 0 bridgehead atoms. The predicted molar refractivity (Wildman–Crippen MR) is 130 cm³/mol. The van der Waals surface area contributed by atoms with E-state index >= 15 is 0 Å². The van der Waals surface area contributed by atoms with Crippen LogP contribution < -0.4 is 0 Å². The first kappa shape index (κ1) is 23.6. The molecule has 27 heavy (non-hydrogen) atoms. The Morgan fingerprint density at radius 3 is 2.22 bits per heavy atom. The van der Waals surface area contributed by atoms with Gasteiger partial charge in [-0.3, -0.25) is 4.90 Å². The number of benzene rings is 1. The van der Waals surface area contributed by atoms with Crippen LogP contribution in [0.15, 0.2) is 12.1 Å². The number of likely N-dealkylation sites (tertiary alicyclic amines) is 1. The van der Waals surface area contributed by atoms with Crippen LogP contribution in [-0.4, -0.2) is 47.7 Å². The van der Waals surface area contributed by atoms with Crippen LogP contribution in [0.5, 0.6) is 0 Å². The van der Waals surface area contributed by atoms with Crippen molar-refractivity contribution < 1.29 is 19.1 Å². The lowest BCUT2D eigenvalue weighted by Gasteiger charge is -2.53. The number of hydrogen-bond donors (Lipinski definition) is 0. The molecular formula is C19H24I3NO4. The Morgan fingerprint density at radius 1 is 1.11 bits per heavy atom. The van der Waals surface area contributed by atoms with E-state index in [1.165, 1.54) is 0 Å². The second kappa shape index (κ2) is 8.99. The number of carbonyl (C=O) groups excluding carboxylic acids is 2. The van der Waals surface area contributed by atoms with Crippen LogP contribution in [0.4, 0.5) is 0 Å². The number of ether oxygens (including phenoxy) is 2. The molecule has 150 valence electrons. The van der Waals surface area contributed by atoms with Crippen LogP contribution in [-0.2, 0) is 14.3 Å². The molecule has 0 N–H and O–H groups in total. The van der Waals surface area contributed by atoms with Gasteiger partial charge in [0.05, 0.1) is 5.56 Å². The van der Waals surface area contributed by atoms with Crippen molar-refractivity contribution in [1.82, 2.24) is 4.90 Å². The number of hydrogen-bond acceptors (Lipinski definition) is 5. The highest BCUT2D eigenvalue weighted by molar-refractivity contribution is 14.1. The van der Waals surface area contributed by atoms with Gasteiger partial charge in [0.2, 0.25) is 0 Å². The minimum absolute atomic E-state index is 0.0725. The Kier molecular flexibility index (Phi) is 7.85. The topological polar surface area (TPSA) is 55.8 Å². The number of rotatable bonds is 4. The van der Waals surface area contributed by atoms with Crippen LogP contribution >= 0.6 is 67.8 Å². The second-order valence-corrected chi connectivity index (χ2v) is 11.5. The molecule has 0 unspecified atom stereocenters. The maximum Gasteiger partial charge on any atom is 0.344 e. The van der Waals surface area contributed by atoms with Gasteiger partial charge in [-0.25, -0.2) is 9.59 Å². The van der Waals surface area contributed by atoms with Crippen molar-refractivity contribution in [2.75, 3.05) is 13.7 Å². The fraction of sp³-hybridized carbons (Fsp3) is 0.579. The summed E-state index contributed by atoms with van der Waals surface area (Å²) < 4.78 is 13.6. The third-order valence-corrected chi connectivity index (χ3v) is 8.77. The third-order valence-electron chi connectivity index (χ3n) is 5.10. The summed E-state index contributed by atoms with van der Waals surface area (Å²) in [5, 5.41) is 0. The molecule has 0 spiro atoms. The summed E-state index contributed by atoms with van der Waals surface area (Å²) in [7, 11) is 2.10. The smallest absolute Gasteiger partial charge is 0.344 e. The fourth-order valence-corrected chi connectivity index (χ4v) is 5.87.